The first kappa shape index (κ1) is 20.4. The summed E-state index contributed by atoms with van der Waals surface area (Å²) in [6.45, 7) is 5.68. The number of benzene rings is 1. The van der Waals surface area contributed by atoms with Crippen molar-refractivity contribution in [3.63, 3.8) is 0 Å². The predicted octanol–water partition coefficient (Wildman–Crippen LogP) is 4.78. The SMILES string of the molecule is CCC(C(=O)Nc1ccn(Cc2c(F)cccc2Cl)n1)n1nc(C)c(Cl)c1C. The number of halogens is 3. The minimum absolute atomic E-state index is 0.158. The highest BCUT2D eigenvalue weighted by Gasteiger charge is 2.24. The number of carbonyl (C=O) groups excluding carboxylic acids is 1. The summed E-state index contributed by atoms with van der Waals surface area (Å²) in [7, 11) is 0. The Labute approximate surface area is 172 Å². The summed E-state index contributed by atoms with van der Waals surface area (Å²) < 4.78 is 17.1. The van der Waals surface area contributed by atoms with Crippen molar-refractivity contribution >= 4 is 34.9 Å². The average Bonchev–Trinajstić information content (AvgIpc) is 3.19. The summed E-state index contributed by atoms with van der Waals surface area (Å²) in [5, 5.41) is 12.3. The van der Waals surface area contributed by atoms with Crippen LogP contribution in [0.5, 0.6) is 0 Å². The normalized spacial score (nSPS) is 12.2. The lowest BCUT2D eigenvalue weighted by molar-refractivity contribution is -0.119. The molecule has 0 saturated carbocycles. The second-order valence-electron chi connectivity index (χ2n) is 6.44. The van der Waals surface area contributed by atoms with Gasteiger partial charge in [0.25, 0.3) is 0 Å². The van der Waals surface area contributed by atoms with E-state index in [1.807, 2.05) is 13.8 Å². The molecule has 0 fully saturated rings. The summed E-state index contributed by atoms with van der Waals surface area (Å²) in [6.07, 6.45) is 2.19. The molecule has 3 aromatic rings. The van der Waals surface area contributed by atoms with Gasteiger partial charge in [-0.05, 0) is 32.4 Å². The van der Waals surface area contributed by atoms with E-state index in [9.17, 15) is 9.18 Å². The Hall–Kier alpha value is -2.38. The van der Waals surface area contributed by atoms with E-state index < -0.39 is 11.9 Å². The molecule has 2 aromatic heterocycles. The van der Waals surface area contributed by atoms with Crippen LogP contribution in [0.2, 0.25) is 10.0 Å². The molecule has 28 heavy (non-hydrogen) atoms. The molecule has 1 N–H and O–H groups in total. The predicted molar refractivity (Wildman–Crippen MR) is 107 cm³/mol. The molecule has 0 spiro atoms. The number of hydrogen-bond acceptors (Lipinski definition) is 3. The summed E-state index contributed by atoms with van der Waals surface area (Å²) in [4.78, 5) is 12.7. The zero-order valence-electron chi connectivity index (χ0n) is 15.7. The van der Waals surface area contributed by atoms with Crippen LogP contribution in [-0.4, -0.2) is 25.5 Å². The maximum Gasteiger partial charge on any atom is 0.250 e. The monoisotopic (exact) mass is 423 g/mol. The third kappa shape index (κ3) is 4.05. The third-order valence-electron chi connectivity index (χ3n) is 4.49. The number of amides is 1. The smallest absolute Gasteiger partial charge is 0.250 e. The molecular formula is C19H20Cl2FN5O. The zero-order chi connectivity index (χ0) is 20.4. The van der Waals surface area contributed by atoms with Crippen LogP contribution in [0.4, 0.5) is 10.2 Å². The molecule has 3 rings (SSSR count). The molecule has 0 radical (unpaired) electrons. The molecule has 148 valence electrons. The molecule has 1 aromatic carbocycles. The van der Waals surface area contributed by atoms with E-state index in [0.29, 0.717) is 33.5 Å². The van der Waals surface area contributed by atoms with Crippen molar-refractivity contribution in [3.8, 4) is 0 Å². The van der Waals surface area contributed by atoms with E-state index in [0.717, 1.165) is 5.69 Å². The summed E-state index contributed by atoms with van der Waals surface area (Å²) in [6, 6.07) is 5.65. The van der Waals surface area contributed by atoms with Crippen LogP contribution >= 0.6 is 23.2 Å². The zero-order valence-corrected chi connectivity index (χ0v) is 17.2. The first-order valence-electron chi connectivity index (χ1n) is 8.80. The van der Waals surface area contributed by atoms with E-state index in [1.54, 1.807) is 36.0 Å². The van der Waals surface area contributed by atoms with E-state index in [-0.39, 0.29) is 12.5 Å². The highest BCUT2D eigenvalue weighted by Crippen LogP contribution is 2.25. The Kier molecular flexibility index (Phi) is 6.05. The van der Waals surface area contributed by atoms with Gasteiger partial charge in [-0.1, -0.05) is 36.2 Å². The van der Waals surface area contributed by atoms with Crippen LogP contribution in [0.1, 0.15) is 36.3 Å². The quantitative estimate of drug-likeness (QED) is 0.620. The molecule has 1 amide bonds. The van der Waals surface area contributed by atoms with Crippen molar-refractivity contribution in [3.05, 3.63) is 63.3 Å². The fourth-order valence-corrected chi connectivity index (χ4v) is 3.33. The lowest BCUT2D eigenvalue weighted by Gasteiger charge is -2.16. The minimum Gasteiger partial charge on any atom is -0.307 e. The van der Waals surface area contributed by atoms with E-state index >= 15 is 0 Å². The van der Waals surface area contributed by atoms with Gasteiger partial charge >= 0.3 is 0 Å². The fraction of sp³-hybridized carbons (Fsp3) is 0.316. The van der Waals surface area contributed by atoms with Crippen LogP contribution < -0.4 is 5.32 Å². The van der Waals surface area contributed by atoms with Crippen molar-refractivity contribution in [2.75, 3.05) is 5.32 Å². The molecule has 0 bridgehead atoms. The average molecular weight is 424 g/mol. The van der Waals surface area contributed by atoms with E-state index in [4.69, 9.17) is 23.2 Å². The Balaban J connectivity index is 1.75. The number of nitrogens with one attached hydrogen (secondary N) is 1. The summed E-state index contributed by atoms with van der Waals surface area (Å²) in [5.41, 5.74) is 1.76. The molecule has 9 heteroatoms. The van der Waals surface area contributed by atoms with Crippen LogP contribution in [0.25, 0.3) is 0 Å². The number of hydrogen-bond donors (Lipinski definition) is 1. The Morgan fingerprint density at radius 1 is 1.25 bits per heavy atom. The second-order valence-corrected chi connectivity index (χ2v) is 7.23. The lowest BCUT2D eigenvalue weighted by atomic mass is 10.2. The Morgan fingerprint density at radius 3 is 2.61 bits per heavy atom. The molecule has 1 atom stereocenters. The summed E-state index contributed by atoms with van der Waals surface area (Å²) in [5.74, 6) is -0.288. The lowest BCUT2D eigenvalue weighted by Crippen LogP contribution is -2.27. The van der Waals surface area contributed by atoms with Gasteiger partial charge in [0, 0.05) is 22.8 Å². The highest BCUT2D eigenvalue weighted by molar-refractivity contribution is 6.32. The number of aromatic nitrogens is 4. The fourth-order valence-electron chi connectivity index (χ4n) is 2.99. The minimum atomic E-state index is -0.516. The van der Waals surface area contributed by atoms with Crippen molar-refractivity contribution in [1.29, 1.82) is 0 Å². The maximum atomic E-state index is 13.9. The molecule has 0 saturated heterocycles. The number of rotatable bonds is 6. The van der Waals surface area contributed by atoms with Crippen molar-refractivity contribution < 1.29 is 9.18 Å². The van der Waals surface area contributed by atoms with Crippen LogP contribution in [-0.2, 0) is 11.3 Å². The van der Waals surface area contributed by atoms with E-state index in [1.165, 1.54) is 10.7 Å². The van der Waals surface area contributed by atoms with Gasteiger partial charge in [0.05, 0.1) is 23.0 Å². The van der Waals surface area contributed by atoms with Gasteiger partial charge in [0.1, 0.15) is 11.9 Å². The molecule has 1 unspecified atom stereocenters. The molecule has 6 nitrogen and oxygen atoms in total. The first-order valence-corrected chi connectivity index (χ1v) is 9.55. The van der Waals surface area contributed by atoms with Gasteiger partial charge in [-0.15, -0.1) is 0 Å². The molecular weight excluding hydrogens is 404 g/mol. The van der Waals surface area contributed by atoms with Crippen molar-refractivity contribution in [2.24, 2.45) is 0 Å². The van der Waals surface area contributed by atoms with Crippen molar-refractivity contribution in [1.82, 2.24) is 19.6 Å². The van der Waals surface area contributed by atoms with Crippen LogP contribution in [0.15, 0.2) is 30.5 Å². The van der Waals surface area contributed by atoms with Gasteiger partial charge in [0.2, 0.25) is 5.91 Å². The Bertz CT molecular complexity index is 994. The van der Waals surface area contributed by atoms with Gasteiger partial charge < -0.3 is 5.32 Å². The maximum absolute atomic E-state index is 13.9. The molecule has 0 aliphatic carbocycles. The van der Waals surface area contributed by atoms with Gasteiger partial charge in [-0.25, -0.2) is 4.39 Å². The third-order valence-corrected chi connectivity index (χ3v) is 5.40. The highest BCUT2D eigenvalue weighted by atomic mass is 35.5. The van der Waals surface area contributed by atoms with Gasteiger partial charge in [-0.3, -0.25) is 14.2 Å². The van der Waals surface area contributed by atoms with Crippen LogP contribution in [0.3, 0.4) is 0 Å². The number of nitrogens with zero attached hydrogens (tertiary/aromatic N) is 4. The Morgan fingerprint density at radius 2 is 2.00 bits per heavy atom. The van der Waals surface area contributed by atoms with E-state index in [2.05, 4.69) is 15.5 Å². The second kappa shape index (κ2) is 8.32. The standard InChI is InChI=1S/C19H20Cl2FN5O/c1-4-16(27-12(3)18(21)11(2)24-27)19(28)23-17-8-9-26(25-17)10-13-14(20)6-5-7-15(13)22/h5-9,16H,4,10H2,1-3H3,(H,23,25,28). The van der Waals surface area contributed by atoms with Gasteiger partial charge in [0.15, 0.2) is 5.82 Å². The first-order chi connectivity index (χ1) is 13.3. The van der Waals surface area contributed by atoms with Gasteiger partial charge in [-0.2, -0.15) is 10.2 Å². The number of carbonyl (C=O) groups is 1. The summed E-state index contributed by atoms with van der Waals surface area (Å²) >= 11 is 12.3. The molecule has 2 heterocycles. The largest absolute Gasteiger partial charge is 0.307 e. The van der Waals surface area contributed by atoms with Crippen molar-refractivity contribution in [2.45, 2.75) is 39.8 Å². The number of aryl methyl sites for hydroxylation is 1. The topological polar surface area (TPSA) is 64.7 Å². The van der Waals surface area contributed by atoms with Crippen LogP contribution in [0, 0.1) is 19.7 Å². The molecule has 0 aliphatic heterocycles. The number of anilines is 1. The molecule has 0 aliphatic rings.